The molecule has 0 aliphatic heterocycles. The molecule has 244 valence electrons. The molecule has 0 saturated heterocycles. The average Bonchev–Trinajstić information content (AvgIpc) is 2.94. The molecule has 1 aliphatic rings. The second kappa shape index (κ2) is 16.7. The molecule has 8 heteroatoms. The summed E-state index contributed by atoms with van der Waals surface area (Å²) in [6.07, 6.45) is 4.32. The molecule has 1 aromatic carbocycles. The molecule has 2 rings (SSSR count). The van der Waals surface area contributed by atoms with Gasteiger partial charge in [0.15, 0.2) is 0 Å². The topological polar surface area (TPSA) is 119 Å². The van der Waals surface area contributed by atoms with E-state index in [2.05, 4.69) is 31.4 Å². The Morgan fingerprint density at radius 3 is 2.05 bits per heavy atom. The minimum absolute atomic E-state index is 0.0195. The number of nitrogens with one attached hydrogen (secondary N) is 2. The molecule has 6 atom stereocenters. The van der Waals surface area contributed by atoms with Gasteiger partial charge in [-0.2, -0.15) is 0 Å². The molecule has 1 fully saturated rings. The highest BCUT2D eigenvalue weighted by atomic mass is 16.3. The fourth-order valence-corrected chi connectivity index (χ4v) is 6.05. The lowest BCUT2D eigenvalue weighted by Crippen LogP contribution is -2.61. The first-order chi connectivity index (χ1) is 20.1. The van der Waals surface area contributed by atoms with Crippen LogP contribution in [0, 0.1) is 11.8 Å². The van der Waals surface area contributed by atoms with Crippen molar-refractivity contribution in [2.24, 2.45) is 11.8 Å². The summed E-state index contributed by atoms with van der Waals surface area (Å²) in [7, 11) is 0. The molecule has 3 amide bonds. The van der Waals surface area contributed by atoms with Gasteiger partial charge in [0, 0.05) is 13.0 Å². The molecule has 43 heavy (non-hydrogen) atoms. The second-order valence-electron chi connectivity index (χ2n) is 14.2. The maximum absolute atomic E-state index is 14.1. The van der Waals surface area contributed by atoms with Crippen LogP contribution in [0.15, 0.2) is 24.3 Å². The van der Waals surface area contributed by atoms with Gasteiger partial charge in [-0.15, -0.1) is 0 Å². The van der Waals surface area contributed by atoms with E-state index in [0.717, 1.165) is 36.1 Å². The standard InChI is InChI=1S/C35H59N3O5/c1-10-23(4)31(38(25(6)39)34(43)24(5)36-28-14-12-11-13-15-28)33(42)37-29(32(41)30(40)20-22(2)3)21-26-16-18-27(19-17-26)35(7,8)9/h16-19,22-24,28-32,36,40-41H,10-15,20-21H2,1-9H3,(H,37,42)/t23?,24?,29-,30-,31?,32+/m0/s1. The third kappa shape index (κ3) is 11.0. The fourth-order valence-electron chi connectivity index (χ4n) is 6.05. The van der Waals surface area contributed by atoms with Crippen molar-refractivity contribution in [1.29, 1.82) is 0 Å². The summed E-state index contributed by atoms with van der Waals surface area (Å²) in [6.45, 7) is 17.2. The zero-order valence-corrected chi connectivity index (χ0v) is 28.2. The minimum atomic E-state index is -1.24. The van der Waals surface area contributed by atoms with Crippen molar-refractivity contribution in [3.8, 4) is 0 Å². The Labute approximate surface area is 260 Å². The average molecular weight is 602 g/mol. The van der Waals surface area contributed by atoms with Crippen molar-refractivity contribution >= 4 is 17.7 Å². The van der Waals surface area contributed by atoms with Crippen LogP contribution >= 0.6 is 0 Å². The van der Waals surface area contributed by atoms with E-state index < -0.39 is 48.1 Å². The number of carbonyl (C=O) groups excluding carboxylic acids is 3. The molecule has 1 aliphatic carbocycles. The number of amides is 3. The third-order valence-corrected chi connectivity index (χ3v) is 8.89. The molecule has 8 nitrogen and oxygen atoms in total. The Balaban J connectivity index is 2.37. The van der Waals surface area contributed by atoms with E-state index >= 15 is 0 Å². The van der Waals surface area contributed by atoms with Gasteiger partial charge in [0.1, 0.15) is 12.1 Å². The van der Waals surface area contributed by atoms with Gasteiger partial charge in [0.25, 0.3) is 0 Å². The van der Waals surface area contributed by atoms with E-state index in [1.165, 1.54) is 18.9 Å². The van der Waals surface area contributed by atoms with Crippen molar-refractivity contribution in [2.45, 2.75) is 155 Å². The smallest absolute Gasteiger partial charge is 0.246 e. The van der Waals surface area contributed by atoms with Crippen LogP contribution in [-0.4, -0.2) is 69.2 Å². The summed E-state index contributed by atoms with van der Waals surface area (Å²) in [6, 6.07) is 5.77. The van der Waals surface area contributed by atoms with Crippen molar-refractivity contribution in [3.63, 3.8) is 0 Å². The predicted octanol–water partition coefficient (Wildman–Crippen LogP) is 4.88. The SMILES string of the molecule is CCC(C)C(C(=O)N[C@@H](Cc1ccc(C(C)(C)C)cc1)[C@@H](O)[C@@H](O)CC(C)C)N(C(C)=O)C(=O)C(C)NC1CCCCC1. The maximum atomic E-state index is 14.1. The summed E-state index contributed by atoms with van der Waals surface area (Å²) >= 11 is 0. The van der Waals surface area contributed by atoms with Gasteiger partial charge < -0.3 is 20.8 Å². The van der Waals surface area contributed by atoms with E-state index in [9.17, 15) is 24.6 Å². The lowest BCUT2D eigenvalue weighted by Gasteiger charge is -2.37. The van der Waals surface area contributed by atoms with Crippen LogP contribution in [-0.2, 0) is 26.2 Å². The van der Waals surface area contributed by atoms with E-state index in [4.69, 9.17) is 0 Å². The lowest BCUT2D eigenvalue weighted by molar-refractivity contribution is -0.154. The molecular formula is C35H59N3O5. The Bertz CT molecular complexity index is 1030. The quantitative estimate of drug-likeness (QED) is 0.241. The van der Waals surface area contributed by atoms with Gasteiger partial charge in [-0.05, 0) is 61.0 Å². The van der Waals surface area contributed by atoms with Gasteiger partial charge in [-0.1, -0.05) is 98.4 Å². The van der Waals surface area contributed by atoms with Crippen molar-refractivity contribution < 1.29 is 24.6 Å². The molecule has 0 heterocycles. The first-order valence-electron chi connectivity index (χ1n) is 16.4. The van der Waals surface area contributed by atoms with Crippen LogP contribution in [0.5, 0.6) is 0 Å². The molecular weight excluding hydrogens is 542 g/mol. The van der Waals surface area contributed by atoms with Crippen LogP contribution in [0.25, 0.3) is 0 Å². The number of aliphatic hydroxyl groups is 2. The summed E-state index contributed by atoms with van der Waals surface area (Å²) in [4.78, 5) is 41.9. The number of benzene rings is 1. The summed E-state index contributed by atoms with van der Waals surface area (Å²) in [5.74, 6) is -1.59. The largest absolute Gasteiger partial charge is 0.390 e. The zero-order valence-electron chi connectivity index (χ0n) is 28.2. The summed E-state index contributed by atoms with van der Waals surface area (Å²) in [5, 5.41) is 28.6. The first-order valence-corrected chi connectivity index (χ1v) is 16.4. The number of carbonyl (C=O) groups is 3. The van der Waals surface area contributed by atoms with Gasteiger partial charge in [0.2, 0.25) is 17.7 Å². The molecule has 0 bridgehead atoms. The number of rotatable bonds is 14. The second-order valence-corrected chi connectivity index (χ2v) is 14.2. The number of aliphatic hydroxyl groups excluding tert-OH is 2. The van der Waals surface area contributed by atoms with Crippen LogP contribution < -0.4 is 10.6 Å². The van der Waals surface area contributed by atoms with Crippen LogP contribution in [0.2, 0.25) is 0 Å². The van der Waals surface area contributed by atoms with Crippen LogP contribution in [0.1, 0.15) is 118 Å². The van der Waals surface area contributed by atoms with Crippen LogP contribution in [0.4, 0.5) is 0 Å². The van der Waals surface area contributed by atoms with Crippen molar-refractivity contribution in [2.75, 3.05) is 0 Å². The molecule has 4 N–H and O–H groups in total. The highest BCUT2D eigenvalue weighted by Crippen LogP contribution is 2.24. The minimum Gasteiger partial charge on any atom is -0.390 e. The molecule has 1 aromatic rings. The van der Waals surface area contributed by atoms with Gasteiger partial charge >= 0.3 is 0 Å². The van der Waals surface area contributed by atoms with Crippen LogP contribution in [0.3, 0.4) is 0 Å². The van der Waals surface area contributed by atoms with E-state index in [-0.39, 0.29) is 29.7 Å². The molecule has 0 spiro atoms. The highest BCUT2D eigenvalue weighted by Gasteiger charge is 2.40. The third-order valence-electron chi connectivity index (χ3n) is 8.89. The van der Waals surface area contributed by atoms with Crippen molar-refractivity contribution in [1.82, 2.24) is 15.5 Å². The Morgan fingerprint density at radius 1 is 0.977 bits per heavy atom. The van der Waals surface area contributed by atoms with E-state index in [0.29, 0.717) is 12.8 Å². The number of hydrogen-bond donors (Lipinski definition) is 4. The summed E-state index contributed by atoms with van der Waals surface area (Å²) in [5.41, 5.74) is 2.05. The van der Waals surface area contributed by atoms with Gasteiger partial charge in [-0.3, -0.25) is 19.3 Å². The fraction of sp³-hybridized carbons (Fsp3) is 0.743. The zero-order chi connectivity index (χ0) is 32.5. The molecule has 0 aromatic heterocycles. The number of imide groups is 1. The molecule has 1 saturated carbocycles. The maximum Gasteiger partial charge on any atom is 0.246 e. The molecule has 0 radical (unpaired) electrons. The number of hydrogen-bond acceptors (Lipinski definition) is 6. The predicted molar refractivity (Wildman–Crippen MR) is 172 cm³/mol. The monoisotopic (exact) mass is 601 g/mol. The van der Waals surface area contributed by atoms with E-state index in [1.54, 1.807) is 6.92 Å². The van der Waals surface area contributed by atoms with Crippen molar-refractivity contribution in [3.05, 3.63) is 35.4 Å². The van der Waals surface area contributed by atoms with Gasteiger partial charge in [0.05, 0.1) is 18.2 Å². The Morgan fingerprint density at radius 2 is 1.56 bits per heavy atom. The Hall–Kier alpha value is -2.29. The normalized spacial score (nSPS) is 18.8. The molecule has 3 unspecified atom stereocenters. The number of nitrogens with zero attached hydrogens (tertiary/aromatic N) is 1. The first kappa shape index (κ1) is 36.9. The van der Waals surface area contributed by atoms with Gasteiger partial charge in [-0.25, -0.2) is 0 Å². The highest BCUT2D eigenvalue weighted by molar-refractivity contribution is 6.01. The Kier molecular flexibility index (Phi) is 14.3. The lowest BCUT2D eigenvalue weighted by atomic mass is 9.86. The summed E-state index contributed by atoms with van der Waals surface area (Å²) < 4.78 is 0. The van der Waals surface area contributed by atoms with E-state index in [1.807, 2.05) is 52.0 Å².